The predicted octanol–water partition coefficient (Wildman–Crippen LogP) is 9.62. The van der Waals surface area contributed by atoms with Crippen molar-refractivity contribution in [3.63, 3.8) is 0 Å². The minimum atomic E-state index is -0.365. The Morgan fingerprint density at radius 3 is 1.90 bits per heavy atom. The Labute approximate surface area is 257 Å². The van der Waals surface area contributed by atoms with E-state index in [1.54, 1.807) is 24.3 Å². The van der Waals surface area contributed by atoms with Gasteiger partial charge in [0.2, 0.25) is 5.96 Å². The van der Waals surface area contributed by atoms with E-state index in [0.29, 0.717) is 11.3 Å². The summed E-state index contributed by atoms with van der Waals surface area (Å²) in [5, 5.41) is 6.49. The molecular weight excluding hydrogens is 616 g/mol. The SMILES string of the molecule is O=C(NC(=Nc1c(Cl)c(Cl)cc(Cl)c1Cl)Nc1ccc(-[c-]2cccc2)cc1)c1ccccc1.[Fe+2].c1cc[cH-]c1. The Hall–Kier alpha value is -3.02. The number of halogens is 4. The number of hydrogen-bond acceptors (Lipinski definition) is 2. The van der Waals surface area contributed by atoms with Gasteiger partial charge in [0, 0.05) is 11.3 Å². The Morgan fingerprint density at radius 2 is 1.36 bits per heavy atom. The first kappa shape index (κ1) is 30.5. The van der Waals surface area contributed by atoms with Crippen LogP contribution in [-0.4, -0.2) is 11.9 Å². The van der Waals surface area contributed by atoms with Gasteiger partial charge in [-0.15, -0.1) is 29.8 Å². The van der Waals surface area contributed by atoms with Crippen LogP contribution in [0.25, 0.3) is 11.1 Å². The summed E-state index contributed by atoms with van der Waals surface area (Å²) < 4.78 is 0. The molecule has 0 atom stereocenters. The largest absolute Gasteiger partial charge is 2.00 e. The normalized spacial score (nSPS) is 10.6. The maximum atomic E-state index is 12.8. The molecule has 0 aliphatic carbocycles. The third-order valence-corrected chi connectivity index (χ3v) is 6.83. The van der Waals surface area contributed by atoms with E-state index in [0.717, 1.165) is 11.1 Å². The summed E-state index contributed by atoms with van der Waals surface area (Å²) in [6.07, 6.45) is 0. The van der Waals surface area contributed by atoms with Gasteiger partial charge in [0.1, 0.15) is 5.69 Å². The average molecular weight is 637 g/mol. The number of carbonyl (C=O) groups excluding carboxylic acids is 1. The molecule has 0 heterocycles. The number of anilines is 1. The molecule has 0 aliphatic rings. The molecule has 0 radical (unpaired) electrons. The molecule has 5 aromatic carbocycles. The Kier molecular flexibility index (Phi) is 11.7. The first-order valence-electron chi connectivity index (χ1n) is 11.5. The van der Waals surface area contributed by atoms with Crippen LogP contribution in [-0.2, 0) is 17.1 Å². The number of rotatable bonds is 4. The van der Waals surface area contributed by atoms with Crippen LogP contribution in [0.15, 0.2) is 120 Å². The summed E-state index contributed by atoms with van der Waals surface area (Å²) in [5.74, 6) is -0.261. The van der Waals surface area contributed by atoms with Gasteiger partial charge >= 0.3 is 17.1 Å². The summed E-state index contributed by atoms with van der Waals surface area (Å²) in [4.78, 5) is 17.3. The van der Waals surface area contributed by atoms with Gasteiger partial charge in [0.25, 0.3) is 5.91 Å². The van der Waals surface area contributed by atoms with Gasteiger partial charge < -0.3 is 5.32 Å². The fraction of sp³-hybridized carbons (Fsp3) is 0. The van der Waals surface area contributed by atoms with Crippen molar-refractivity contribution in [1.82, 2.24) is 5.32 Å². The Morgan fingerprint density at radius 1 is 0.769 bits per heavy atom. The topological polar surface area (TPSA) is 53.5 Å². The molecule has 0 saturated carbocycles. The first-order chi connectivity index (χ1) is 18.4. The van der Waals surface area contributed by atoms with Crippen molar-refractivity contribution < 1.29 is 21.9 Å². The quantitative estimate of drug-likeness (QED) is 0.0678. The fourth-order valence-electron chi connectivity index (χ4n) is 3.40. The van der Waals surface area contributed by atoms with Crippen LogP contribution < -0.4 is 10.6 Å². The molecule has 39 heavy (non-hydrogen) atoms. The van der Waals surface area contributed by atoms with Gasteiger partial charge in [0.05, 0.1) is 20.1 Å². The van der Waals surface area contributed by atoms with E-state index in [1.165, 1.54) is 6.07 Å². The zero-order valence-corrected chi connectivity index (χ0v) is 24.3. The summed E-state index contributed by atoms with van der Waals surface area (Å²) in [6.45, 7) is 0. The van der Waals surface area contributed by atoms with Gasteiger partial charge in [-0.25, -0.2) is 17.1 Å². The third kappa shape index (κ3) is 8.48. The number of nitrogens with one attached hydrogen (secondary N) is 2. The molecule has 0 saturated heterocycles. The van der Waals surface area contributed by atoms with E-state index in [2.05, 4.69) is 15.6 Å². The summed E-state index contributed by atoms with van der Waals surface area (Å²) in [6, 6.07) is 35.9. The zero-order chi connectivity index (χ0) is 26.9. The number of hydrogen-bond donors (Lipinski definition) is 2. The molecule has 0 fully saturated rings. The number of nitrogens with zero attached hydrogens (tertiary/aromatic N) is 1. The minimum Gasteiger partial charge on any atom is -0.327 e. The van der Waals surface area contributed by atoms with E-state index in [-0.39, 0.29) is 54.7 Å². The van der Waals surface area contributed by atoms with E-state index >= 15 is 0 Å². The molecule has 5 aromatic rings. The van der Waals surface area contributed by atoms with Gasteiger partial charge in [0.15, 0.2) is 0 Å². The monoisotopic (exact) mass is 635 g/mol. The molecule has 4 nitrogen and oxygen atoms in total. The van der Waals surface area contributed by atoms with Gasteiger partial charge in [-0.2, -0.15) is 30.3 Å². The van der Waals surface area contributed by atoms with Crippen LogP contribution in [0, 0.1) is 0 Å². The van der Waals surface area contributed by atoms with E-state index in [9.17, 15) is 4.79 Å². The maximum Gasteiger partial charge on any atom is 2.00 e. The van der Waals surface area contributed by atoms with Crippen LogP contribution in [0.2, 0.25) is 20.1 Å². The zero-order valence-electron chi connectivity index (χ0n) is 20.2. The molecular formula is C30H21Cl4FeN3O. The molecule has 5 rings (SSSR count). The average Bonchev–Trinajstić information content (AvgIpc) is 3.69. The van der Waals surface area contributed by atoms with Crippen molar-refractivity contribution in [2.75, 3.05) is 5.32 Å². The summed E-state index contributed by atoms with van der Waals surface area (Å²) >= 11 is 25.0. The number of carbonyl (C=O) groups is 1. The van der Waals surface area contributed by atoms with Gasteiger partial charge in [-0.1, -0.05) is 82.3 Å². The Balaban J connectivity index is 0.000000630. The van der Waals surface area contributed by atoms with Crippen LogP contribution in [0.5, 0.6) is 0 Å². The molecule has 0 aromatic heterocycles. The van der Waals surface area contributed by atoms with E-state index in [4.69, 9.17) is 46.4 Å². The molecule has 0 bridgehead atoms. The minimum absolute atomic E-state index is 0. The fourth-order valence-corrected chi connectivity index (χ4v) is 4.28. The van der Waals surface area contributed by atoms with Gasteiger partial charge in [-0.3, -0.25) is 10.1 Å². The van der Waals surface area contributed by atoms with Crippen molar-refractivity contribution in [2.45, 2.75) is 0 Å². The predicted molar refractivity (Wildman–Crippen MR) is 161 cm³/mol. The number of benzene rings is 3. The van der Waals surface area contributed by atoms with Crippen molar-refractivity contribution in [3.8, 4) is 11.1 Å². The number of guanidine groups is 1. The molecule has 198 valence electrons. The molecule has 0 aliphatic heterocycles. The van der Waals surface area contributed by atoms with Crippen molar-refractivity contribution >= 4 is 69.6 Å². The molecule has 9 heteroatoms. The second-order valence-electron chi connectivity index (χ2n) is 7.94. The van der Waals surface area contributed by atoms with E-state index < -0.39 is 0 Å². The second kappa shape index (κ2) is 14.9. The van der Waals surface area contributed by atoms with Crippen LogP contribution in [0.3, 0.4) is 0 Å². The standard InChI is InChI=1S/C25H16Cl4N3O.C5H5.Fe/c26-19-14-20(27)22(29)23(21(19)28)31-25(32-24(33)17-8-2-1-3-9-17)30-18-12-10-16(11-13-18)15-6-4-5-7-15;1-2-4-5-3-1;/h1-14H,(H2,30,31,32,33);1-5H;/q2*-1;+2. The number of amides is 1. The second-order valence-corrected chi connectivity index (χ2v) is 9.51. The van der Waals surface area contributed by atoms with Crippen LogP contribution >= 0.6 is 46.4 Å². The molecule has 0 unspecified atom stereocenters. The maximum absolute atomic E-state index is 12.8. The molecule has 0 spiro atoms. The summed E-state index contributed by atoms with van der Waals surface area (Å²) in [5.41, 5.74) is 3.46. The Bertz CT molecular complexity index is 1460. The van der Waals surface area contributed by atoms with E-state index in [1.807, 2.05) is 84.9 Å². The van der Waals surface area contributed by atoms with Crippen molar-refractivity contribution in [1.29, 1.82) is 0 Å². The molecule has 1 amide bonds. The smallest absolute Gasteiger partial charge is 0.327 e. The van der Waals surface area contributed by atoms with Crippen molar-refractivity contribution in [2.24, 2.45) is 4.99 Å². The van der Waals surface area contributed by atoms with Crippen LogP contribution in [0.1, 0.15) is 10.4 Å². The third-order valence-electron chi connectivity index (χ3n) is 5.28. The first-order valence-corrected chi connectivity index (χ1v) is 13.0. The summed E-state index contributed by atoms with van der Waals surface area (Å²) in [7, 11) is 0. The van der Waals surface area contributed by atoms with Crippen molar-refractivity contribution in [3.05, 3.63) is 141 Å². The van der Waals surface area contributed by atoms with Crippen LogP contribution in [0.4, 0.5) is 11.4 Å². The molecule has 2 N–H and O–H groups in total. The number of aliphatic imine (C=N–C) groups is 1. The van der Waals surface area contributed by atoms with Gasteiger partial charge in [-0.05, 0) is 18.2 Å².